The molecule has 122 valence electrons. The molecule has 0 saturated carbocycles. The van der Waals surface area contributed by atoms with Crippen molar-refractivity contribution in [3.63, 3.8) is 0 Å². The van der Waals surface area contributed by atoms with Crippen LogP contribution in [0.25, 0.3) is 0 Å². The van der Waals surface area contributed by atoms with Gasteiger partial charge in [-0.25, -0.2) is 8.42 Å². The monoisotopic (exact) mass is 337 g/mol. The highest BCUT2D eigenvalue weighted by Gasteiger charge is 2.48. The van der Waals surface area contributed by atoms with Gasteiger partial charge in [-0.1, -0.05) is 0 Å². The number of carbonyl (C=O) groups is 1. The van der Waals surface area contributed by atoms with Crippen LogP contribution >= 0.6 is 0 Å². The maximum atomic E-state index is 12.7. The third kappa shape index (κ3) is 2.34. The van der Waals surface area contributed by atoms with Crippen molar-refractivity contribution in [3.05, 3.63) is 11.8 Å². The third-order valence-electron chi connectivity index (χ3n) is 4.15. The lowest BCUT2D eigenvalue weighted by atomic mass is 10.0. The predicted molar refractivity (Wildman–Crippen MR) is 68.3 cm³/mol. The number of aromatic nitrogens is 2. The number of hydrogen-bond donors (Lipinski definition) is 0. The first kappa shape index (κ1) is 15.5. The zero-order valence-electron chi connectivity index (χ0n) is 11.7. The summed E-state index contributed by atoms with van der Waals surface area (Å²) < 4.78 is 65.4. The van der Waals surface area contributed by atoms with E-state index in [1.54, 1.807) is 0 Å². The third-order valence-corrected chi connectivity index (χ3v) is 6.21. The molecule has 2 unspecified atom stereocenters. The average molecular weight is 337 g/mol. The number of nitrogens with zero attached hydrogens (tertiary/aromatic N) is 3. The van der Waals surface area contributed by atoms with Crippen molar-refractivity contribution in [1.29, 1.82) is 0 Å². The molecule has 3 heterocycles. The smallest absolute Gasteiger partial charge is 0.300 e. The Morgan fingerprint density at radius 1 is 1.23 bits per heavy atom. The minimum Gasteiger partial charge on any atom is -0.300 e. The van der Waals surface area contributed by atoms with E-state index < -0.39 is 39.0 Å². The molecule has 2 aliphatic heterocycles. The minimum absolute atomic E-state index is 0.0000586. The lowest BCUT2D eigenvalue weighted by molar-refractivity contribution is -0.141. The van der Waals surface area contributed by atoms with Crippen LogP contribution in [0.4, 0.5) is 13.2 Å². The summed E-state index contributed by atoms with van der Waals surface area (Å²) >= 11 is 0. The summed E-state index contributed by atoms with van der Waals surface area (Å²) in [7, 11) is -2.94. The molecule has 2 saturated heterocycles. The number of fused-ring (bicyclic) bond motifs is 2. The molecule has 3 rings (SSSR count). The van der Waals surface area contributed by atoms with E-state index in [-0.39, 0.29) is 18.6 Å². The van der Waals surface area contributed by atoms with Crippen LogP contribution in [0.1, 0.15) is 31.4 Å². The molecular formula is C12H14F3N3O3S. The summed E-state index contributed by atoms with van der Waals surface area (Å²) in [6, 6.07) is -0.369. The molecule has 0 aromatic carbocycles. The van der Waals surface area contributed by atoms with Gasteiger partial charge in [0, 0.05) is 38.0 Å². The van der Waals surface area contributed by atoms with Gasteiger partial charge in [0.2, 0.25) is 0 Å². The molecule has 2 fully saturated rings. The van der Waals surface area contributed by atoms with Gasteiger partial charge in [-0.15, -0.1) is 0 Å². The number of hydrogen-bond acceptors (Lipinski definition) is 4. The van der Waals surface area contributed by atoms with Gasteiger partial charge in [-0.2, -0.15) is 22.6 Å². The van der Waals surface area contributed by atoms with Gasteiger partial charge in [0.1, 0.15) is 5.78 Å². The Hall–Kier alpha value is -1.42. The molecule has 2 aliphatic rings. The van der Waals surface area contributed by atoms with Crippen LogP contribution in [0.5, 0.6) is 0 Å². The molecule has 0 radical (unpaired) electrons. The van der Waals surface area contributed by atoms with Crippen molar-refractivity contribution >= 4 is 15.8 Å². The average Bonchev–Trinajstić information content (AvgIpc) is 2.89. The molecule has 22 heavy (non-hydrogen) atoms. The summed E-state index contributed by atoms with van der Waals surface area (Å²) in [5, 5.41) is 2.75. The summed E-state index contributed by atoms with van der Waals surface area (Å²) in [5.41, 5.74) is -1.24. The standard InChI is InChI=1S/C12H14F3N3O3S/c1-17-11(6-10(16-17)12(13,14)15)22(20,21)18-7-2-3-8(18)5-9(19)4-7/h6-8H,2-5H2,1H3. The summed E-state index contributed by atoms with van der Waals surface area (Å²) in [5.74, 6) is -0.0000586. The number of aryl methyl sites for hydroxylation is 1. The Labute approximate surface area is 124 Å². The van der Waals surface area contributed by atoms with Crippen molar-refractivity contribution in [1.82, 2.24) is 14.1 Å². The normalized spacial score (nSPS) is 26.6. The molecule has 0 aliphatic carbocycles. The number of alkyl halides is 3. The van der Waals surface area contributed by atoms with E-state index in [0.29, 0.717) is 18.9 Å². The van der Waals surface area contributed by atoms with Gasteiger partial charge < -0.3 is 0 Å². The van der Waals surface area contributed by atoms with Crippen LogP contribution in [0.15, 0.2) is 11.1 Å². The van der Waals surface area contributed by atoms with E-state index >= 15 is 0 Å². The molecule has 10 heteroatoms. The Kier molecular flexibility index (Phi) is 3.37. The van der Waals surface area contributed by atoms with Crippen molar-refractivity contribution in [2.24, 2.45) is 7.05 Å². The SMILES string of the molecule is Cn1nc(C(F)(F)F)cc1S(=O)(=O)N1C2CCC1CC(=O)C2. The fraction of sp³-hybridized carbons (Fsp3) is 0.667. The zero-order chi connectivity index (χ0) is 16.3. The van der Waals surface area contributed by atoms with Crippen LogP contribution in [0.3, 0.4) is 0 Å². The van der Waals surface area contributed by atoms with Crippen LogP contribution in [0, 0.1) is 0 Å². The van der Waals surface area contributed by atoms with Crippen LogP contribution in [-0.2, 0) is 28.0 Å². The predicted octanol–water partition coefficient (Wildman–Crippen LogP) is 1.32. The summed E-state index contributed by atoms with van der Waals surface area (Å²) in [6.07, 6.45) is -3.35. The van der Waals surface area contributed by atoms with Crippen molar-refractivity contribution in [2.75, 3.05) is 0 Å². The highest BCUT2D eigenvalue weighted by atomic mass is 32.2. The highest BCUT2D eigenvalue weighted by molar-refractivity contribution is 7.89. The minimum atomic E-state index is -4.71. The molecule has 2 bridgehead atoms. The van der Waals surface area contributed by atoms with Crippen LogP contribution < -0.4 is 0 Å². The van der Waals surface area contributed by atoms with Crippen molar-refractivity contribution < 1.29 is 26.4 Å². The quantitative estimate of drug-likeness (QED) is 0.816. The summed E-state index contributed by atoms with van der Waals surface area (Å²) in [6.45, 7) is 0. The second-order valence-corrected chi connectivity index (χ2v) is 7.45. The van der Waals surface area contributed by atoms with Gasteiger partial charge in [0.05, 0.1) is 0 Å². The number of piperidine rings is 1. The Bertz CT molecular complexity index is 710. The second kappa shape index (κ2) is 4.79. The molecule has 2 atom stereocenters. The first-order valence-corrected chi connectivity index (χ1v) is 8.21. The maximum Gasteiger partial charge on any atom is 0.435 e. The zero-order valence-corrected chi connectivity index (χ0v) is 12.5. The second-order valence-electron chi connectivity index (χ2n) is 5.66. The van der Waals surface area contributed by atoms with Crippen LogP contribution in [0.2, 0.25) is 0 Å². The number of Topliss-reactive ketones (excluding diaryl/α,β-unsaturated/α-hetero) is 1. The van der Waals surface area contributed by atoms with Crippen molar-refractivity contribution in [2.45, 2.75) is 49.0 Å². The van der Waals surface area contributed by atoms with E-state index in [9.17, 15) is 26.4 Å². The lowest BCUT2D eigenvalue weighted by Crippen LogP contribution is -2.47. The number of halogens is 3. The largest absolute Gasteiger partial charge is 0.435 e. The molecule has 1 aromatic heterocycles. The maximum absolute atomic E-state index is 12.7. The van der Waals surface area contributed by atoms with Gasteiger partial charge in [-0.05, 0) is 12.8 Å². The van der Waals surface area contributed by atoms with Gasteiger partial charge >= 0.3 is 6.18 Å². The molecule has 6 nitrogen and oxygen atoms in total. The highest BCUT2D eigenvalue weighted by Crippen LogP contribution is 2.39. The summed E-state index contributed by atoms with van der Waals surface area (Å²) in [4.78, 5) is 11.5. The molecular weight excluding hydrogens is 323 g/mol. The van der Waals surface area contributed by atoms with Gasteiger partial charge in [0.15, 0.2) is 10.7 Å². The first-order chi connectivity index (χ1) is 10.1. The molecule has 0 amide bonds. The lowest BCUT2D eigenvalue weighted by Gasteiger charge is -2.32. The molecule has 1 aromatic rings. The number of carbonyl (C=O) groups excluding carboxylic acids is 1. The number of rotatable bonds is 2. The fourth-order valence-electron chi connectivity index (χ4n) is 3.26. The van der Waals surface area contributed by atoms with E-state index in [0.717, 1.165) is 4.68 Å². The molecule has 0 spiro atoms. The fourth-order valence-corrected chi connectivity index (χ4v) is 5.26. The number of sulfonamides is 1. The van der Waals surface area contributed by atoms with E-state index in [1.165, 1.54) is 11.4 Å². The topological polar surface area (TPSA) is 72.3 Å². The van der Waals surface area contributed by atoms with E-state index in [4.69, 9.17) is 0 Å². The van der Waals surface area contributed by atoms with Gasteiger partial charge in [-0.3, -0.25) is 9.48 Å². The van der Waals surface area contributed by atoms with E-state index in [1.807, 2.05) is 0 Å². The van der Waals surface area contributed by atoms with E-state index in [2.05, 4.69) is 5.10 Å². The number of ketones is 1. The molecule has 0 N–H and O–H groups in total. The van der Waals surface area contributed by atoms with Crippen molar-refractivity contribution in [3.8, 4) is 0 Å². The Morgan fingerprint density at radius 2 is 1.77 bits per heavy atom. The Morgan fingerprint density at radius 3 is 2.23 bits per heavy atom. The van der Waals surface area contributed by atoms with Crippen LogP contribution in [-0.4, -0.2) is 40.4 Å². The first-order valence-electron chi connectivity index (χ1n) is 6.77. The van der Waals surface area contributed by atoms with Gasteiger partial charge in [0.25, 0.3) is 10.0 Å². The Balaban J connectivity index is 2.01.